The van der Waals surface area contributed by atoms with E-state index in [0.29, 0.717) is 12.4 Å². The Hall–Kier alpha value is -1.29. The summed E-state index contributed by atoms with van der Waals surface area (Å²) in [4.78, 5) is 11.7. The lowest BCUT2D eigenvalue weighted by Crippen LogP contribution is -2.55. The SMILES string of the molecule is CCNC(CN)(c1ncncn1)C(Cl)C#N. The van der Waals surface area contributed by atoms with Gasteiger partial charge in [0.1, 0.15) is 23.6 Å². The minimum absolute atomic E-state index is 0.132. The van der Waals surface area contributed by atoms with E-state index in [1.54, 1.807) is 0 Å². The third-order valence-corrected chi connectivity index (χ3v) is 2.72. The van der Waals surface area contributed by atoms with E-state index in [1.807, 2.05) is 13.0 Å². The second-order valence-electron chi connectivity index (χ2n) is 3.16. The Kier molecular flexibility index (Phi) is 4.55. The molecule has 0 radical (unpaired) electrons. The number of nitriles is 1. The van der Waals surface area contributed by atoms with Gasteiger partial charge in [0.05, 0.1) is 6.07 Å². The van der Waals surface area contributed by atoms with Crippen LogP contribution < -0.4 is 11.1 Å². The molecule has 0 bridgehead atoms. The van der Waals surface area contributed by atoms with Gasteiger partial charge in [0.15, 0.2) is 5.82 Å². The number of nitrogens with two attached hydrogens (primary N) is 1. The number of nitrogens with one attached hydrogen (secondary N) is 1. The van der Waals surface area contributed by atoms with Crippen LogP contribution in [0.2, 0.25) is 0 Å². The van der Waals surface area contributed by atoms with Gasteiger partial charge in [-0.05, 0) is 6.54 Å². The van der Waals surface area contributed by atoms with Gasteiger partial charge in [0.25, 0.3) is 0 Å². The number of nitrogens with zero attached hydrogens (tertiary/aromatic N) is 4. The average Bonchev–Trinajstić information content (AvgIpc) is 2.36. The maximum Gasteiger partial charge on any atom is 0.155 e. The monoisotopic (exact) mass is 240 g/mol. The van der Waals surface area contributed by atoms with Crippen LogP contribution in [0.1, 0.15) is 12.7 Å². The van der Waals surface area contributed by atoms with Crippen molar-refractivity contribution in [2.24, 2.45) is 5.73 Å². The van der Waals surface area contributed by atoms with E-state index in [9.17, 15) is 0 Å². The molecule has 1 heterocycles. The zero-order valence-electron chi connectivity index (χ0n) is 8.89. The third kappa shape index (κ3) is 2.27. The van der Waals surface area contributed by atoms with E-state index in [1.165, 1.54) is 12.7 Å². The molecule has 0 saturated carbocycles. The molecule has 0 aliphatic carbocycles. The highest BCUT2D eigenvalue weighted by Gasteiger charge is 2.40. The summed E-state index contributed by atoms with van der Waals surface area (Å²) < 4.78 is 0. The molecule has 0 fully saturated rings. The molecule has 0 aromatic carbocycles. The highest BCUT2D eigenvalue weighted by atomic mass is 35.5. The quantitative estimate of drug-likeness (QED) is 0.690. The molecule has 6 nitrogen and oxygen atoms in total. The van der Waals surface area contributed by atoms with E-state index in [0.717, 1.165) is 0 Å². The first-order chi connectivity index (χ1) is 7.71. The topological polar surface area (TPSA) is 101 Å². The summed E-state index contributed by atoms with van der Waals surface area (Å²) >= 11 is 6.00. The number of hydrogen-bond acceptors (Lipinski definition) is 6. The lowest BCUT2D eigenvalue weighted by Gasteiger charge is -2.32. The smallest absolute Gasteiger partial charge is 0.155 e. The Morgan fingerprint density at radius 1 is 1.62 bits per heavy atom. The number of alkyl halides is 1. The first-order valence-electron chi connectivity index (χ1n) is 4.82. The maximum absolute atomic E-state index is 8.94. The van der Waals surface area contributed by atoms with Crippen molar-refractivity contribution in [3.63, 3.8) is 0 Å². The van der Waals surface area contributed by atoms with Crippen LogP contribution in [0, 0.1) is 11.3 Å². The van der Waals surface area contributed by atoms with Crippen LogP contribution in [-0.4, -0.2) is 33.4 Å². The van der Waals surface area contributed by atoms with Gasteiger partial charge in [0.2, 0.25) is 0 Å². The van der Waals surface area contributed by atoms with Crippen LogP contribution in [0.3, 0.4) is 0 Å². The summed E-state index contributed by atoms with van der Waals surface area (Å²) in [6.45, 7) is 2.63. The van der Waals surface area contributed by atoms with Crippen LogP contribution in [-0.2, 0) is 5.54 Å². The molecule has 86 valence electrons. The van der Waals surface area contributed by atoms with Crippen molar-refractivity contribution in [3.05, 3.63) is 18.5 Å². The van der Waals surface area contributed by atoms with E-state index >= 15 is 0 Å². The van der Waals surface area contributed by atoms with E-state index in [4.69, 9.17) is 22.6 Å². The summed E-state index contributed by atoms with van der Waals surface area (Å²) in [6, 6.07) is 1.96. The van der Waals surface area contributed by atoms with Gasteiger partial charge in [-0.15, -0.1) is 11.6 Å². The van der Waals surface area contributed by atoms with Crippen molar-refractivity contribution in [2.75, 3.05) is 13.1 Å². The molecular formula is C9H13ClN6. The van der Waals surface area contributed by atoms with Gasteiger partial charge in [-0.1, -0.05) is 6.92 Å². The molecule has 2 atom stereocenters. The molecule has 2 unspecified atom stereocenters. The number of hydrogen-bond donors (Lipinski definition) is 2. The molecule has 0 aliphatic rings. The van der Waals surface area contributed by atoms with Crippen LogP contribution in [0.25, 0.3) is 0 Å². The van der Waals surface area contributed by atoms with Gasteiger partial charge in [-0.3, -0.25) is 0 Å². The predicted molar refractivity (Wildman–Crippen MR) is 59.5 cm³/mol. The summed E-state index contributed by atoms with van der Waals surface area (Å²) in [5, 5.41) is 11.2. The minimum atomic E-state index is -0.937. The van der Waals surface area contributed by atoms with Gasteiger partial charge >= 0.3 is 0 Å². The molecule has 0 amide bonds. The normalized spacial score (nSPS) is 16.1. The van der Waals surface area contributed by atoms with E-state index in [2.05, 4.69) is 20.3 Å². The van der Waals surface area contributed by atoms with Gasteiger partial charge < -0.3 is 11.1 Å². The minimum Gasteiger partial charge on any atom is -0.328 e. The second kappa shape index (κ2) is 5.70. The first-order valence-corrected chi connectivity index (χ1v) is 5.26. The highest BCUT2D eigenvalue weighted by molar-refractivity contribution is 6.23. The van der Waals surface area contributed by atoms with Crippen molar-refractivity contribution in [1.82, 2.24) is 20.3 Å². The van der Waals surface area contributed by atoms with Crippen molar-refractivity contribution in [2.45, 2.75) is 17.8 Å². The van der Waals surface area contributed by atoms with Crippen LogP contribution in [0.5, 0.6) is 0 Å². The fourth-order valence-corrected chi connectivity index (χ4v) is 1.71. The van der Waals surface area contributed by atoms with Gasteiger partial charge in [-0.2, -0.15) is 5.26 Å². The molecular weight excluding hydrogens is 228 g/mol. The number of likely N-dealkylation sites (N-methyl/N-ethyl adjacent to an activating group) is 1. The lowest BCUT2D eigenvalue weighted by molar-refractivity contribution is 0.339. The van der Waals surface area contributed by atoms with Gasteiger partial charge in [0, 0.05) is 6.54 Å². The zero-order chi connectivity index (χ0) is 12.0. The Morgan fingerprint density at radius 3 is 2.69 bits per heavy atom. The average molecular weight is 241 g/mol. The molecule has 1 aromatic rings. The maximum atomic E-state index is 8.94. The second-order valence-corrected chi connectivity index (χ2v) is 3.60. The van der Waals surface area contributed by atoms with Crippen molar-refractivity contribution in [1.29, 1.82) is 5.26 Å². The molecule has 1 aromatic heterocycles. The standard InChI is InChI=1S/C9H13ClN6/c1-2-16-9(4-12,7(10)3-11)8-14-5-13-6-15-8/h5-7,16H,2,4,12H2,1H3. The Morgan fingerprint density at radius 2 is 2.25 bits per heavy atom. The Labute approximate surface area is 98.9 Å². The largest absolute Gasteiger partial charge is 0.328 e. The fourth-order valence-electron chi connectivity index (χ4n) is 1.44. The molecule has 16 heavy (non-hydrogen) atoms. The summed E-state index contributed by atoms with van der Waals surface area (Å²) in [7, 11) is 0. The predicted octanol–water partition coefficient (Wildman–Crippen LogP) is -0.234. The van der Waals surface area contributed by atoms with Crippen LogP contribution in [0.4, 0.5) is 0 Å². The van der Waals surface area contributed by atoms with Gasteiger partial charge in [-0.25, -0.2) is 15.0 Å². The molecule has 0 spiro atoms. The number of halogens is 1. The molecule has 0 saturated heterocycles. The zero-order valence-corrected chi connectivity index (χ0v) is 9.65. The Bertz CT molecular complexity index is 364. The van der Waals surface area contributed by atoms with E-state index in [-0.39, 0.29) is 6.54 Å². The van der Waals surface area contributed by atoms with Crippen molar-refractivity contribution >= 4 is 11.6 Å². The lowest BCUT2D eigenvalue weighted by atomic mass is 9.94. The molecule has 7 heteroatoms. The molecule has 0 aliphatic heterocycles. The van der Waals surface area contributed by atoms with Crippen LogP contribution in [0.15, 0.2) is 12.7 Å². The summed E-state index contributed by atoms with van der Waals surface area (Å²) in [5.41, 5.74) is 4.77. The Balaban J connectivity index is 3.18. The number of rotatable bonds is 5. The molecule has 1 rings (SSSR count). The highest BCUT2D eigenvalue weighted by Crippen LogP contribution is 2.24. The number of aromatic nitrogens is 3. The van der Waals surface area contributed by atoms with Crippen molar-refractivity contribution < 1.29 is 0 Å². The van der Waals surface area contributed by atoms with Crippen LogP contribution >= 0.6 is 11.6 Å². The summed E-state index contributed by atoms with van der Waals surface area (Å²) in [5.74, 6) is 0.383. The third-order valence-electron chi connectivity index (χ3n) is 2.25. The first kappa shape index (κ1) is 12.8. The van der Waals surface area contributed by atoms with E-state index < -0.39 is 10.9 Å². The molecule has 3 N–H and O–H groups in total. The van der Waals surface area contributed by atoms with Crippen molar-refractivity contribution in [3.8, 4) is 6.07 Å². The fraction of sp³-hybridized carbons (Fsp3) is 0.556. The summed E-state index contributed by atoms with van der Waals surface area (Å²) in [6.07, 6.45) is 2.70.